The summed E-state index contributed by atoms with van der Waals surface area (Å²) in [6.45, 7) is 2.61. The van der Waals surface area contributed by atoms with Crippen LogP contribution in [-0.4, -0.2) is 36.0 Å². The van der Waals surface area contributed by atoms with Crippen LogP contribution in [0, 0.1) is 11.3 Å². The Morgan fingerprint density at radius 1 is 1.69 bits per heavy atom. The standard InChI is InChI=1S/C10H13N5O/c1-3-12-9(16)7-15(2)10-13-5-4-8(6-11)14-10/h4-5H,3,7H2,1-2H3,(H,12,16). The Kier molecular flexibility index (Phi) is 4.21. The van der Waals surface area contributed by atoms with E-state index in [9.17, 15) is 4.79 Å². The first-order valence-electron chi connectivity index (χ1n) is 4.88. The lowest BCUT2D eigenvalue weighted by Gasteiger charge is -2.15. The highest BCUT2D eigenvalue weighted by Gasteiger charge is 2.09. The van der Waals surface area contributed by atoms with E-state index in [1.54, 1.807) is 11.9 Å². The van der Waals surface area contributed by atoms with E-state index in [0.29, 0.717) is 12.5 Å². The fraction of sp³-hybridized carbons (Fsp3) is 0.400. The molecule has 0 unspecified atom stereocenters. The number of carbonyl (C=O) groups is 1. The summed E-state index contributed by atoms with van der Waals surface area (Å²) in [5.41, 5.74) is 0.285. The van der Waals surface area contributed by atoms with Gasteiger partial charge in [0, 0.05) is 19.8 Å². The molecule has 1 rings (SSSR count). The topological polar surface area (TPSA) is 81.9 Å². The lowest BCUT2D eigenvalue weighted by Crippen LogP contribution is -2.35. The predicted octanol–water partition coefficient (Wildman–Crippen LogP) is -0.0794. The maximum atomic E-state index is 11.3. The minimum atomic E-state index is -0.101. The van der Waals surface area contributed by atoms with Crippen molar-refractivity contribution in [1.82, 2.24) is 15.3 Å². The highest BCUT2D eigenvalue weighted by molar-refractivity contribution is 5.80. The zero-order valence-corrected chi connectivity index (χ0v) is 9.27. The average molecular weight is 219 g/mol. The van der Waals surface area contributed by atoms with Gasteiger partial charge in [-0.05, 0) is 13.0 Å². The van der Waals surface area contributed by atoms with Crippen LogP contribution in [-0.2, 0) is 4.79 Å². The van der Waals surface area contributed by atoms with E-state index in [-0.39, 0.29) is 18.1 Å². The van der Waals surface area contributed by atoms with Crippen molar-refractivity contribution < 1.29 is 4.79 Å². The SMILES string of the molecule is CCNC(=O)CN(C)c1nccc(C#N)n1. The summed E-state index contributed by atoms with van der Waals surface area (Å²) in [6.07, 6.45) is 1.50. The van der Waals surface area contributed by atoms with Crippen molar-refractivity contribution >= 4 is 11.9 Å². The molecular weight excluding hydrogens is 206 g/mol. The van der Waals surface area contributed by atoms with E-state index in [0.717, 1.165) is 0 Å². The van der Waals surface area contributed by atoms with Crippen molar-refractivity contribution in [1.29, 1.82) is 5.26 Å². The van der Waals surface area contributed by atoms with E-state index in [2.05, 4.69) is 15.3 Å². The number of hydrogen-bond acceptors (Lipinski definition) is 5. The Balaban J connectivity index is 2.69. The van der Waals surface area contributed by atoms with Gasteiger partial charge in [0.1, 0.15) is 11.8 Å². The molecule has 0 bridgehead atoms. The molecule has 0 aliphatic rings. The molecule has 16 heavy (non-hydrogen) atoms. The van der Waals surface area contributed by atoms with Gasteiger partial charge < -0.3 is 10.2 Å². The fourth-order valence-electron chi connectivity index (χ4n) is 1.13. The van der Waals surface area contributed by atoms with Crippen molar-refractivity contribution in [3.63, 3.8) is 0 Å². The second kappa shape index (κ2) is 5.66. The Hall–Kier alpha value is -2.16. The van der Waals surface area contributed by atoms with E-state index in [1.807, 2.05) is 13.0 Å². The number of rotatable bonds is 4. The number of anilines is 1. The molecular formula is C10H13N5O. The summed E-state index contributed by atoms with van der Waals surface area (Å²) in [7, 11) is 1.70. The maximum Gasteiger partial charge on any atom is 0.239 e. The van der Waals surface area contributed by atoms with Crippen LogP contribution in [0.15, 0.2) is 12.3 Å². The first-order chi connectivity index (χ1) is 7.67. The summed E-state index contributed by atoms with van der Waals surface area (Å²) in [6, 6.07) is 3.44. The van der Waals surface area contributed by atoms with Gasteiger partial charge in [0.05, 0.1) is 6.54 Å². The first kappa shape index (κ1) is 11.9. The molecule has 1 amide bonds. The minimum absolute atomic E-state index is 0.101. The van der Waals surface area contributed by atoms with Gasteiger partial charge in [-0.1, -0.05) is 0 Å². The third kappa shape index (κ3) is 3.20. The van der Waals surface area contributed by atoms with Gasteiger partial charge >= 0.3 is 0 Å². The minimum Gasteiger partial charge on any atom is -0.355 e. The van der Waals surface area contributed by atoms with E-state index in [4.69, 9.17) is 5.26 Å². The molecule has 0 aromatic carbocycles. The molecule has 0 saturated carbocycles. The Bertz CT molecular complexity index is 412. The maximum absolute atomic E-state index is 11.3. The van der Waals surface area contributed by atoms with E-state index in [1.165, 1.54) is 12.3 Å². The van der Waals surface area contributed by atoms with Gasteiger partial charge in [-0.15, -0.1) is 0 Å². The molecule has 0 aliphatic heterocycles. The summed E-state index contributed by atoms with van der Waals surface area (Å²) in [5, 5.41) is 11.3. The zero-order valence-electron chi connectivity index (χ0n) is 9.27. The van der Waals surface area contributed by atoms with Crippen molar-refractivity contribution in [3.8, 4) is 6.07 Å². The summed E-state index contributed by atoms with van der Waals surface area (Å²) < 4.78 is 0. The number of nitriles is 1. The quantitative estimate of drug-likeness (QED) is 0.766. The third-order valence-corrected chi connectivity index (χ3v) is 1.85. The first-order valence-corrected chi connectivity index (χ1v) is 4.88. The molecule has 1 aromatic heterocycles. The lowest BCUT2D eigenvalue weighted by atomic mass is 10.4. The van der Waals surface area contributed by atoms with Crippen molar-refractivity contribution in [3.05, 3.63) is 18.0 Å². The number of carbonyl (C=O) groups excluding carboxylic acids is 1. The van der Waals surface area contributed by atoms with Crippen LogP contribution in [0.5, 0.6) is 0 Å². The van der Waals surface area contributed by atoms with Gasteiger partial charge in [-0.25, -0.2) is 9.97 Å². The lowest BCUT2D eigenvalue weighted by molar-refractivity contribution is -0.119. The molecule has 6 heteroatoms. The number of nitrogens with zero attached hydrogens (tertiary/aromatic N) is 4. The van der Waals surface area contributed by atoms with Crippen LogP contribution >= 0.6 is 0 Å². The third-order valence-electron chi connectivity index (χ3n) is 1.85. The highest BCUT2D eigenvalue weighted by Crippen LogP contribution is 2.03. The summed E-state index contributed by atoms with van der Waals surface area (Å²) in [4.78, 5) is 20.9. The van der Waals surface area contributed by atoms with Crippen LogP contribution in [0.1, 0.15) is 12.6 Å². The van der Waals surface area contributed by atoms with Gasteiger partial charge in [0.15, 0.2) is 0 Å². The number of nitrogens with one attached hydrogen (secondary N) is 1. The molecule has 0 fully saturated rings. The van der Waals surface area contributed by atoms with E-state index >= 15 is 0 Å². The Labute approximate surface area is 93.9 Å². The molecule has 1 aromatic rings. The van der Waals surface area contributed by atoms with Crippen molar-refractivity contribution in [2.24, 2.45) is 0 Å². The van der Waals surface area contributed by atoms with Gasteiger partial charge in [0.2, 0.25) is 11.9 Å². The molecule has 1 heterocycles. The molecule has 84 valence electrons. The molecule has 0 saturated heterocycles. The van der Waals surface area contributed by atoms with Crippen LogP contribution in [0.3, 0.4) is 0 Å². The highest BCUT2D eigenvalue weighted by atomic mass is 16.2. The smallest absolute Gasteiger partial charge is 0.239 e. The zero-order chi connectivity index (χ0) is 12.0. The molecule has 0 aliphatic carbocycles. The fourth-order valence-corrected chi connectivity index (χ4v) is 1.13. The van der Waals surface area contributed by atoms with E-state index < -0.39 is 0 Å². The molecule has 1 N–H and O–H groups in total. The van der Waals surface area contributed by atoms with Crippen molar-refractivity contribution in [2.45, 2.75) is 6.92 Å². The van der Waals surface area contributed by atoms with Gasteiger partial charge in [-0.3, -0.25) is 4.79 Å². The summed E-state index contributed by atoms with van der Waals surface area (Å²) >= 11 is 0. The second-order valence-corrected chi connectivity index (χ2v) is 3.16. The molecule has 0 spiro atoms. The number of likely N-dealkylation sites (N-methyl/N-ethyl adjacent to an activating group) is 2. The normalized spacial score (nSPS) is 9.31. The second-order valence-electron chi connectivity index (χ2n) is 3.16. The van der Waals surface area contributed by atoms with Gasteiger partial charge in [0.25, 0.3) is 0 Å². The predicted molar refractivity (Wildman–Crippen MR) is 58.7 cm³/mol. The summed E-state index contributed by atoms with van der Waals surface area (Å²) in [5.74, 6) is 0.265. The Morgan fingerprint density at radius 2 is 2.44 bits per heavy atom. The van der Waals surface area contributed by atoms with Gasteiger partial charge in [-0.2, -0.15) is 5.26 Å². The largest absolute Gasteiger partial charge is 0.355 e. The number of amides is 1. The monoisotopic (exact) mass is 219 g/mol. The number of hydrogen-bond donors (Lipinski definition) is 1. The van der Waals surface area contributed by atoms with Crippen LogP contribution in [0.2, 0.25) is 0 Å². The van der Waals surface area contributed by atoms with Crippen LogP contribution in [0.4, 0.5) is 5.95 Å². The average Bonchev–Trinajstić information content (AvgIpc) is 2.29. The van der Waals surface area contributed by atoms with Crippen molar-refractivity contribution in [2.75, 3.05) is 25.0 Å². The molecule has 0 atom stereocenters. The van der Waals surface area contributed by atoms with Crippen LogP contribution in [0.25, 0.3) is 0 Å². The Morgan fingerprint density at radius 3 is 3.06 bits per heavy atom. The molecule has 6 nitrogen and oxygen atoms in total. The van der Waals surface area contributed by atoms with Crippen LogP contribution < -0.4 is 10.2 Å². The molecule has 0 radical (unpaired) electrons. The number of aromatic nitrogens is 2.